The van der Waals surface area contributed by atoms with Gasteiger partial charge in [-0.15, -0.1) is 0 Å². The fourth-order valence-electron chi connectivity index (χ4n) is 3.93. The van der Waals surface area contributed by atoms with Crippen LogP contribution < -0.4 is 5.73 Å². The van der Waals surface area contributed by atoms with Gasteiger partial charge in [-0.2, -0.15) is 0 Å². The number of amides is 1. The first-order valence-corrected chi connectivity index (χ1v) is 7.43. The molecule has 2 aromatic rings. The maximum atomic E-state index is 11.3. The smallest absolute Gasteiger partial charge is 0.218 e. The monoisotopic (exact) mass is 281 g/mol. The van der Waals surface area contributed by atoms with Crippen LogP contribution in [0.2, 0.25) is 0 Å². The lowest BCUT2D eigenvalue weighted by Crippen LogP contribution is -2.43. The topological polar surface area (TPSA) is 62.1 Å². The highest BCUT2D eigenvalue weighted by atomic mass is 16.1. The van der Waals surface area contributed by atoms with E-state index in [0.717, 1.165) is 13.0 Å². The predicted octanol–water partition coefficient (Wildman–Crippen LogP) is 1.91. The standard InChI is InChI=1S/C17H19N3O/c1-20-9-10(6-16(18)21)5-13-12-3-2-4-14-17(12)11(8-19-14)7-15(13)20/h2-5,8,10,15,19H,6-7,9H2,1H3,(H2,18,21)/t10?,15-/m1/s1. The minimum atomic E-state index is -0.222. The van der Waals surface area contributed by atoms with Crippen LogP contribution in [-0.4, -0.2) is 35.4 Å². The minimum absolute atomic E-state index is 0.217. The number of aromatic amines is 1. The van der Waals surface area contributed by atoms with Crippen molar-refractivity contribution < 1.29 is 4.79 Å². The van der Waals surface area contributed by atoms with E-state index in [9.17, 15) is 4.79 Å². The molecule has 4 nitrogen and oxygen atoms in total. The largest absolute Gasteiger partial charge is 0.370 e. The van der Waals surface area contributed by atoms with Gasteiger partial charge in [0.15, 0.2) is 0 Å². The average molecular weight is 281 g/mol. The summed E-state index contributed by atoms with van der Waals surface area (Å²) < 4.78 is 0. The third kappa shape index (κ3) is 1.90. The molecule has 2 atom stereocenters. The van der Waals surface area contributed by atoms with Crippen molar-refractivity contribution in [2.24, 2.45) is 11.7 Å². The van der Waals surface area contributed by atoms with Crippen molar-refractivity contribution >= 4 is 22.4 Å². The van der Waals surface area contributed by atoms with Gasteiger partial charge >= 0.3 is 0 Å². The van der Waals surface area contributed by atoms with Crippen LogP contribution >= 0.6 is 0 Å². The molecule has 1 unspecified atom stereocenters. The molecule has 2 aliphatic rings. The number of likely N-dealkylation sites (N-methyl/N-ethyl adjacent to an activating group) is 1. The molecule has 4 rings (SSSR count). The van der Waals surface area contributed by atoms with Gasteiger partial charge in [0.25, 0.3) is 0 Å². The van der Waals surface area contributed by atoms with Crippen molar-refractivity contribution in [3.05, 3.63) is 41.6 Å². The first-order valence-electron chi connectivity index (χ1n) is 7.43. The molecular weight excluding hydrogens is 262 g/mol. The van der Waals surface area contributed by atoms with Gasteiger partial charge in [0.05, 0.1) is 0 Å². The van der Waals surface area contributed by atoms with Crippen LogP contribution in [0, 0.1) is 5.92 Å². The number of nitrogens with two attached hydrogens (primary N) is 1. The lowest BCUT2D eigenvalue weighted by atomic mass is 9.79. The van der Waals surface area contributed by atoms with E-state index in [4.69, 9.17) is 5.73 Å². The number of carbonyl (C=O) groups excluding carboxylic acids is 1. The summed E-state index contributed by atoms with van der Waals surface area (Å²) in [5.74, 6) is -0.00505. The Hall–Kier alpha value is -2.07. The first kappa shape index (κ1) is 12.7. The van der Waals surface area contributed by atoms with Crippen LogP contribution in [-0.2, 0) is 11.2 Å². The van der Waals surface area contributed by atoms with E-state index in [1.54, 1.807) is 0 Å². The minimum Gasteiger partial charge on any atom is -0.370 e. The molecule has 1 aliphatic carbocycles. The zero-order valence-electron chi connectivity index (χ0n) is 12.1. The van der Waals surface area contributed by atoms with Gasteiger partial charge < -0.3 is 10.7 Å². The summed E-state index contributed by atoms with van der Waals surface area (Å²) in [5, 5.41) is 1.34. The highest BCUT2D eigenvalue weighted by molar-refractivity contribution is 5.98. The fourth-order valence-corrected chi connectivity index (χ4v) is 3.93. The van der Waals surface area contributed by atoms with Crippen molar-refractivity contribution in [3.63, 3.8) is 0 Å². The van der Waals surface area contributed by atoms with E-state index in [-0.39, 0.29) is 11.8 Å². The van der Waals surface area contributed by atoms with Gasteiger partial charge in [-0.1, -0.05) is 18.2 Å². The van der Waals surface area contributed by atoms with Crippen molar-refractivity contribution in [1.82, 2.24) is 9.88 Å². The van der Waals surface area contributed by atoms with E-state index in [2.05, 4.69) is 47.4 Å². The number of hydrogen-bond acceptors (Lipinski definition) is 2. The summed E-state index contributed by atoms with van der Waals surface area (Å²) in [6.07, 6.45) is 5.87. The molecule has 21 heavy (non-hydrogen) atoms. The zero-order valence-corrected chi connectivity index (χ0v) is 12.1. The second kappa shape index (κ2) is 4.46. The third-order valence-corrected chi connectivity index (χ3v) is 4.80. The van der Waals surface area contributed by atoms with Crippen LogP contribution in [0.4, 0.5) is 0 Å². The van der Waals surface area contributed by atoms with Crippen molar-refractivity contribution in [1.29, 1.82) is 0 Å². The van der Waals surface area contributed by atoms with Gasteiger partial charge in [0, 0.05) is 36.1 Å². The number of primary amides is 1. The molecule has 1 amide bonds. The lowest BCUT2D eigenvalue weighted by Gasteiger charge is -2.39. The van der Waals surface area contributed by atoms with E-state index >= 15 is 0 Å². The molecule has 2 heterocycles. The number of carbonyl (C=O) groups is 1. The Labute approximate surface area is 123 Å². The summed E-state index contributed by atoms with van der Waals surface area (Å²) in [5.41, 5.74) is 10.6. The van der Waals surface area contributed by atoms with Crippen molar-refractivity contribution in [2.75, 3.05) is 13.6 Å². The molecule has 0 saturated carbocycles. The Bertz CT molecular complexity index is 758. The molecule has 0 fully saturated rings. The van der Waals surface area contributed by atoms with Crippen molar-refractivity contribution in [2.45, 2.75) is 18.9 Å². The molecule has 0 radical (unpaired) electrons. The Morgan fingerprint density at radius 2 is 2.33 bits per heavy atom. The van der Waals surface area contributed by atoms with Gasteiger partial charge in [-0.25, -0.2) is 0 Å². The van der Waals surface area contributed by atoms with Crippen LogP contribution in [0.3, 0.4) is 0 Å². The zero-order chi connectivity index (χ0) is 14.6. The van der Waals surface area contributed by atoms with Gasteiger partial charge in [-0.05, 0) is 42.2 Å². The summed E-state index contributed by atoms with van der Waals surface area (Å²) in [6, 6.07) is 6.82. The Balaban J connectivity index is 1.87. The van der Waals surface area contributed by atoms with E-state index in [1.165, 1.54) is 27.6 Å². The number of rotatable bonds is 2. The Kier molecular flexibility index (Phi) is 2.69. The number of fused-ring (bicyclic) bond motifs is 2. The second-order valence-corrected chi connectivity index (χ2v) is 6.25. The van der Waals surface area contributed by atoms with E-state index in [0.29, 0.717) is 12.5 Å². The maximum Gasteiger partial charge on any atom is 0.218 e. The molecule has 4 heteroatoms. The second-order valence-electron chi connectivity index (χ2n) is 6.25. The van der Waals surface area contributed by atoms with Crippen LogP contribution in [0.15, 0.2) is 30.5 Å². The lowest BCUT2D eigenvalue weighted by molar-refractivity contribution is -0.118. The summed E-state index contributed by atoms with van der Waals surface area (Å²) >= 11 is 0. The molecule has 1 aliphatic heterocycles. The first-order chi connectivity index (χ1) is 10.1. The van der Waals surface area contributed by atoms with Crippen LogP contribution in [0.5, 0.6) is 0 Å². The van der Waals surface area contributed by atoms with Gasteiger partial charge in [0.2, 0.25) is 5.91 Å². The van der Waals surface area contributed by atoms with Crippen LogP contribution in [0.25, 0.3) is 16.5 Å². The predicted molar refractivity (Wildman–Crippen MR) is 83.7 cm³/mol. The highest BCUT2D eigenvalue weighted by Crippen LogP contribution is 2.40. The molecule has 3 N–H and O–H groups in total. The number of nitrogens with zero attached hydrogens (tertiary/aromatic N) is 1. The maximum absolute atomic E-state index is 11.3. The molecule has 108 valence electrons. The molecule has 0 spiro atoms. The molecule has 1 aromatic carbocycles. The van der Waals surface area contributed by atoms with Gasteiger partial charge in [-0.3, -0.25) is 9.69 Å². The molecular formula is C17H19N3O. The Morgan fingerprint density at radius 1 is 1.48 bits per heavy atom. The SMILES string of the molecule is CN1CC(CC(N)=O)C=C2c3cccc4[nH]cc(c34)C[C@H]21. The number of hydrogen-bond donors (Lipinski definition) is 2. The highest BCUT2D eigenvalue weighted by Gasteiger charge is 2.33. The summed E-state index contributed by atoms with van der Waals surface area (Å²) in [7, 11) is 2.14. The quantitative estimate of drug-likeness (QED) is 0.883. The number of benzene rings is 1. The van der Waals surface area contributed by atoms with E-state index < -0.39 is 0 Å². The normalized spacial score (nSPS) is 24.7. The number of aromatic nitrogens is 1. The van der Waals surface area contributed by atoms with Crippen LogP contribution in [0.1, 0.15) is 17.5 Å². The average Bonchev–Trinajstić information content (AvgIpc) is 2.84. The van der Waals surface area contributed by atoms with Gasteiger partial charge in [0.1, 0.15) is 0 Å². The summed E-state index contributed by atoms with van der Waals surface area (Å²) in [4.78, 5) is 17.0. The number of H-pyrrole nitrogens is 1. The molecule has 1 aromatic heterocycles. The van der Waals surface area contributed by atoms with E-state index in [1.807, 2.05) is 0 Å². The number of nitrogens with one attached hydrogen (secondary N) is 1. The molecule has 0 saturated heterocycles. The third-order valence-electron chi connectivity index (χ3n) is 4.80. The fraction of sp³-hybridized carbons (Fsp3) is 0.353. The Morgan fingerprint density at radius 3 is 3.14 bits per heavy atom. The summed E-state index contributed by atoms with van der Waals surface area (Å²) in [6.45, 7) is 0.896. The van der Waals surface area contributed by atoms with Crippen molar-refractivity contribution in [3.8, 4) is 0 Å². The molecule has 0 bridgehead atoms.